The summed E-state index contributed by atoms with van der Waals surface area (Å²) < 4.78 is 31.5. The number of nitrogens with one attached hydrogen (secondary N) is 1. The average molecular weight is 305 g/mol. The molecule has 0 spiro atoms. The van der Waals surface area contributed by atoms with E-state index < -0.39 is 23.6 Å². The molecule has 0 saturated carbocycles. The molecule has 116 valence electrons. The maximum atomic E-state index is 13.1. The lowest BCUT2D eigenvalue weighted by molar-refractivity contribution is -0.122. The maximum Gasteiger partial charge on any atom is 0.265 e. The SMILES string of the molecule is Cc1ccc(OC(C)C(=O)Nc2ccc(F)c(F)c2)cc1C. The first-order chi connectivity index (χ1) is 10.4. The Morgan fingerprint density at radius 2 is 1.77 bits per heavy atom. The molecule has 22 heavy (non-hydrogen) atoms. The van der Waals surface area contributed by atoms with Gasteiger partial charge >= 0.3 is 0 Å². The number of carbonyl (C=O) groups excluding carboxylic acids is 1. The van der Waals surface area contributed by atoms with Crippen LogP contribution in [0.25, 0.3) is 0 Å². The number of amides is 1. The van der Waals surface area contributed by atoms with Crippen LogP contribution in [0.15, 0.2) is 36.4 Å². The van der Waals surface area contributed by atoms with Gasteiger partial charge in [0, 0.05) is 11.8 Å². The van der Waals surface area contributed by atoms with Gasteiger partial charge in [-0.2, -0.15) is 0 Å². The van der Waals surface area contributed by atoms with E-state index in [1.165, 1.54) is 6.07 Å². The third-order valence-electron chi connectivity index (χ3n) is 3.35. The van der Waals surface area contributed by atoms with Crippen molar-refractivity contribution < 1.29 is 18.3 Å². The van der Waals surface area contributed by atoms with E-state index in [-0.39, 0.29) is 5.69 Å². The molecule has 2 rings (SSSR count). The van der Waals surface area contributed by atoms with Crippen molar-refractivity contribution in [1.82, 2.24) is 0 Å². The fourth-order valence-electron chi connectivity index (χ4n) is 1.86. The van der Waals surface area contributed by atoms with Crippen LogP contribution in [0.5, 0.6) is 5.75 Å². The van der Waals surface area contributed by atoms with E-state index in [0.29, 0.717) is 5.75 Å². The topological polar surface area (TPSA) is 38.3 Å². The Hall–Kier alpha value is -2.43. The molecule has 0 saturated heterocycles. The number of anilines is 1. The molecule has 0 bridgehead atoms. The van der Waals surface area contributed by atoms with E-state index in [2.05, 4.69) is 5.32 Å². The summed E-state index contributed by atoms with van der Waals surface area (Å²) in [7, 11) is 0. The summed E-state index contributed by atoms with van der Waals surface area (Å²) in [4.78, 5) is 12.0. The average Bonchev–Trinajstić information content (AvgIpc) is 2.46. The molecule has 0 radical (unpaired) electrons. The first kappa shape index (κ1) is 15.9. The van der Waals surface area contributed by atoms with Gasteiger partial charge in [0.2, 0.25) is 0 Å². The Kier molecular flexibility index (Phi) is 4.75. The van der Waals surface area contributed by atoms with Gasteiger partial charge in [-0.25, -0.2) is 8.78 Å². The first-order valence-corrected chi connectivity index (χ1v) is 6.86. The van der Waals surface area contributed by atoms with Gasteiger partial charge in [0.1, 0.15) is 5.75 Å². The molecule has 5 heteroatoms. The monoisotopic (exact) mass is 305 g/mol. The molecular formula is C17H17F2NO2. The lowest BCUT2D eigenvalue weighted by atomic mass is 10.1. The van der Waals surface area contributed by atoms with Gasteiger partial charge in [-0.3, -0.25) is 4.79 Å². The zero-order valence-corrected chi connectivity index (χ0v) is 12.6. The van der Waals surface area contributed by atoms with Crippen LogP contribution in [0.1, 0.15) is 18.1 Å². The Labute approximate surface area is 127 Å². The number of hydrogen-bond donors (Lipinski definition) is 1. The molecule has 0 aliphatic rings. The normalized spacial score (nSPS) is 11.9. The highest BCUT2D eigenvalue weighted by Crippen LogP contribution is 2.18. The molecule has 0 fully saturated rings. The highest BCUT2D eigenvalue weighted by Gasteiger charge is 2.16. The van der Waals surface area contributed by atoms with Crippen LogP contribution in [0.4, 0.5) is 14.5 Å². The van der Waals surface area contributed by atoms with Gasteiger partial charge in [0.05, 0.1) is 0 Å². The van der Waals surface area contributed by atoms with Crippen LogP contribution in [0, 0.1) is 25.5 Å². The van der Waals surface area contributed by atoms with E-state index >= 15 is 0 Å². The zero-order chi connectivity index (χ0) is 16.3. The second-order valence-electron chi connectivity index (χ2n) is 5.12. The van der Waals surface area contributed by atoms with Crippen LogP contribution in [-0.2, 0) is 4.79 Å². The molecule has 1 unspecified atom stereocenters. The predicted molar refractivity (Wildman–Crippen MR) is 81.0 cm³/mol. The van der Waals surface area contributed by atoms with Gasteiger partial charge < -0.3 is 10.1 Å². The molecule has 0 heterocycles. The molecule has 1 atom stereocenters. The second kappa shape index (κ2) is 6.56. The molecule has 2 aromatic carbocycles. The summed E-state index contributed by atoms with van der Waals surface area (Å²) in [5.41, 5.74) is 2.37. The molecule has 1 N–H and O–H groups in total. The minimum atomic E-state index is -1.01. The standard InChI is InChI=1S/C17H17F2NO2/c1-10-4-6-14(8-11(10)2)22-12(3)17(21)20-13-5-7-15(18)16(19)9-13/h4-9,12H,1-3H3,(H,20,21). The van der Waals surface area contributed by atoms with Crippen molar-refractivity contribution in [1.29, 1.82) is 0 Å². The lowest BCUT2D eigenvalue weighted by Gasteiger charge is -2.15. The summed E-state index contributed by atoms with van der Waals surface area (Å²) in [6.45, 7) is 5.52. The molecule has 2 aromatic rings. The number of aryl methyl sites for hydroxylation is 2. The molecular weight excluding hydrogens is 288 g/mol. The summed E-state index contributed by atoms with van der Waals surface area (Å²) in [5.74, 6) is -1.83. The van der Waals surface area contributed by atoms with Crippen molar-refractivity contribution in [3.05, 3.63) is 59.2 Å². The van der Waals surface area contributed by atoms with Crippen molar-refractivity contribution in [2.75, 3.05) is 5.32 Å². The molecule has 1 amide bonds. The number of rotatable bonds is 4. The minimum Gasteiger partial charge on any atom is -0.481 e. The first-order valence-electron chi connectivity index (χ1n) is 6.86. The fourth-order valence-corrected chi connectivity index (χ4v) is 1.86. The van der Waals surface area contributed by atoms with Gasteiger partial charge in [0.25, 0.3) is 5.91 Å². The number of ether oxygens (including phenoxy) is 1. The molecule has 0 aliphatic heterocycles. The van der Waals surface area contributed by atoms with Gasteiger partial charge in [-0.05, 0) is 56.2 Å². The quantitative estimate of drug-likeness (QED) is 0.927. The van der Waals surface area contributed by atoms with Gasteiger partial charge in [-0.15, -0.1) is 0 Å². The summed E-state index contributed by atoms with van der Waals surface area (Å²) >= 11 is 0. The third kappa shape index (κ3) is 3.81. The van der Waals surface area contributed by atoms with Crippen molar-refractivity contribution in [3.63, 3.8) is 0 Å². The van der Waals surface area contributed by atoms with Crippen molar-refractivity contribution in [2.45, 2.75) is 26.9 Å². The van der Waals surface area contributed by atoms with E-state index in [0.717, 1.165) is 23.3 Å². The summed E-state index contributed by atoms with van der Waals surface area (Å²) in [5, 5.41) is 2.49. The largest absolute Gasteiger partial charge is 0.481 e. The van der Waals surface area contributed by atoms with E-state index in [1.807, 2.05) is 26.0 Å². The van der Waals surface area contributed by atoms with Crippen LogP contribution < -0.4 is 10.1 Å². The number of benzene rings is 2. The summed E-state index contributed by atoms with van der Waals surface area (Å²) in [6, 6.07) is 8.71. The molecule has 0 aliphatic carbocycles. The maximum absolute atomic E-state index is 13.1. The Bertz CT molecular complexity index is 701. The summed E-state index contributed by atoms with van der Waals surface area (Å²) in [6.07, 6.45) is -0.768. The van der Waals surface area contributed by atoms with Crippen molar-refractivity contribution in [3.8, 4) is 5.75 Å². The van der Waals surface area contributed by atoms with Gasteiger partial charge in [-0.1, -0.05) is 6.07 Å². The third-order valence-corrected chi connectivity index (χ3v) is 3.35. The highest BCUT2D eigenvalue weighted by atomic mass is 19.2. The van der Waals surface area contributed by atoms with Gasteiger partial charge in [0.15, 0.2) is 17.7 Å². The molecule has 3 nitrogen and oxygen atoms in total. The Morgan fingerprint density at radius 1 is 1.05 bits per heavy atom. The highest BCUT2D eigenvalue weighted by molar-refractivity contribution is 5.94. The van der Waals surface area contributed by atoms with Crippen LogP contribution in [-0.4, -0.2) is 12.0 Å². The van der Waals surface area contributed by atoms with Crippen molar-refractivity contribution in [2.24, 2.45) is 0 Å². The van der Waals surface area contributed by atoms with E-state index in [9.17, 15) is 13.6 Å². The lowest BCUT2D eigenvalue weighted by Crippen LogP contribution is -2.30. The zero-order valence-electron chi connectivity index (χ0n) is 12.6. The smallest absolute Gasteiger partial charge is 0.265 e. The number of hydrogen-bond acceptors (Lipinski definition) is 2. The number of carbonyl (C=O) groups is 1. The minimum absolute atomic E-state index is 0.180. The Balaban J connectivity index is 2.02. The fraction of sp³-hybridized carbons (Fsp3) is 0.235. The van der Waals surface area contributed by atoms with Crippen LogP contribution in [0.2, 0.25) is 0 Å². The van der Waals surface area contributed by atoms with Crippen molar-refractivity contribution >= 4 is 11.6 Å². The van der Waals surface area contributed by atoms with E-state index in [4.69, 9.17) is 4.74 Å². The van der Waals surface area contributed by atoms with E-state index in [1.54, 1.807) is 13.0 Å². The second-order valence-corrected chi connectivity index (χ2v) is 5.12. The predicted octanol–water partition coefficient (Wildman–Crippen LogP) is 3.99. The van der Waals surface area contributed by atoms with Crippen LogP contribution >= 0.6 is 0 Å². The molecule has 0 aromatic heterocycles. The Morgan fingerprint density at radius 3 is 2.41 bits per heavy atom. The van der Waals surface area contributed by atoms with Crippen LogP contribution in [0.3, 0.4) is 0 Å². The number of halogens is 2.